The second kappa shape index (κ2) is 8.71. The lowest BCUT2D eigenvalue weighted by Crippen LogP contribution is -2.16. The molecule has 28 heavy (non-hydrogen) atoms. The highest BCUT2D eigenvalue weighted by atomic mass is 14.3. The van der Waals surface area contributed by atoms with Gasteiger partial charge in [-0.1, -0.05) is 121 Å². The Morgan fingerprint density at radius 3 is 1.46 bits per heavy atom. The van der Waals surface area contributed by atoms with Crippen LogP contribution >= 0.6 is 0 Å². The van der Waals surface area contributed by atoms with Crippen molar-refractivity contribution >= 4 is 0 Å². The van der Waals surface area contributed by atoms with Crippen LogP contribution in [0.2, 0.25) is 0 Å². The highest BCUT2D eigenvalue weighted by molar-refractivity contribution is 5.40. The molecule has 4 aromatic carbocycles. The molecule has 0 saturated carbocycles. The summed E-state index contributed by atoms with van der Waals surface area (Å²) in [6, 6.07) is 41.8. The topological polar surface area (TPSA) is 0 Å². The zero-order valence-electron chi connectivity index (χ0n) is 16.3. The molecule has 0 N–H and O–H groups in total. The van der Waals surface area contributed by atoms with E-state index in [4.69, 9.17) is 0 Å². The predicted octanol–water partition coefficient (Wildman–Crippen LogP) is 7.15. The summed E-state index contributed by atoms with van der Waals surface area (Å²) in [5.41, 5.74) is 6.82. The predicted molar refractivity (Wildman–Crippen MR) is 119 cm³/mol. The summed E-state index contributed by atoms with van der Waals surface area (Å²) in [5, 5.41) is 0. The Morgan fingerprint density at radius 2 is 0.964 bits per heavy atom. The summed E-state index contributed by atoms with van der Waals surface area (Å²) >= 11 is 0. The number of benzene rings is 4. The minimum Gasteiger partial charge on any atom is -0.0622 e. The maximum absolute atomic E-state index is 2.31. The molecule has 0 aliphatic heterocycles. The van der Waals surface area contributed by atoms with Crippen molar-refractivity contribution in [3.05, 3.63) is 143 Å². The molecule has 0 heteroatoms. The van der Waals surface area contributed by atoms with Crippen LogP contribution in [-0.2, 0) is 6.42 Å². The maximum atomic E-state index is 2.31. The fourth-order valence-electron chi connectivity index (χ4n) is 4.09. The van der Waals surface area contributed by atoms with E-state index < -0.39 is 0 Å². The monoisotopic (exact) mass is 362 g/mol. The Balaban J connectivity index is 1.84. The standard InChI is InChI=1S/C28H26/c1-22-17-19-24(20-18-22)27(21-23-11-5-2-6-12-23)28(25-13-7-3-8-14-25)26-15-9-4-10-16-26/h2-20,27-28H,21H2,1H3. The summed E-state index contributed by atoms with van der Waals surface area (Å²) in [6.07, 6.45) is 1.01. The summed E-state index contributed by atoms with van der Waals surface area (Å²) in [7, 11) is 0. The van der Waals surface area contributed by atoms with Crippen LogP contribution in [0.5, 0.6) is 0 Å². The van der Waals surface area contributed by atoms with Crippen molar-refractivity contribution in [2.75, 3.05) is 0 Å². The normalized spacial score (nSPS) is 12.1. The SMILES string of the molecule is Cc1ccc(C(Cc2ccccc2)C(c2ccccc2)c2ccccc2)cc1. The average molecular weight is 363 g/mol. The van der Waals surface area contributed by atoms with Crippen molar-refractivity contribution in [2.24, 2.45) is 0 Å². The van der Waals surface area contributed by atoms with E-state index in [1.54, 1.807) is 0 Å². The van der Waals surface area contributed by atoms with Crippen molar-refractivity contribution in [3.8, 4) is 0 Å². The smallest absolute Gasteiger partial charge is 0.0161 e. The van der Waals surface area contributed by atoms with E-state index in [-0.39, 0.29) is 0 Å². The zero-order chi connectivity index (χ0) is 19.2. The maximum Gasteiger partial charge on any atom is 0.0161 e. The van der Waals surface area contributed by atoms with Crippen LogP contribution in [0, 0.1) is 6.92 Å². The van der Waals surface area contributed by atoms with Gasteiger partial charge in [0, 0.05) is 5.92 Å². The molecule has 1 atom stereocenters. The van der Waals surface area contributed by atoms with E-state index >= 15 is 0 Å². The van der Waals surface area contributed by atoms with Gasteiger partial charge in [-0.05, 0) is 41.5 Å². The van der Waals surface area contributed by atoms with Crippen molar-refractivity contribution in [1.82, 2.24) is 0 Å². The first-order chi connectivity index (χ1) is 13.8. The van der Waals surface area contributed by atoms with E-state index in [9.17, 15) is 0 Å². The van der Waals surface area contributed by atoms with E-state index in [1.165, 1.54) is 27.8 Å². The largest absolute Gasteiger partial charge is 0.0622 e. The quantitative estimate of drug-likeness (QED) is 0.341. The van der Waals surface area contributed by atoms with Gasteiger partial charge in [-0.25, -0.2) is 0 Å². The number of hydrogen-bond donors (Lipinski definition) is 0. The molecule has 1 unspecified atom stereocenters. The minimum absolute atomic E-state index is 0.310. The van der Waals surface area contributed by atoms with Crippen molar-refractivity contribution in [1.29, 1.82) is 0 Å². The second-order valence-electron chi connectivity index (χ2n) is 7.51. The van der Waals surface area contributed by atoms with Crippen LogP contribution in [0.25, 0.3) is 0 Å². The van der Waals surface area contributed by atoms with Crippen molar-refractivity contribution < 1.29 is 0 Å². The first-order valence-corrected chi connectivity index (χ1v) is 10.0. The molecular weight excluding hydrogens is 336 g/mol. The minimum atomic E-state index is 0.310. The highest BCUT2D eigenvalue weighted by Crippen LogP contribution is 2.40. The Hall–Kier alpha value is -3.12. The van der Waals surface area contributed by atoms with Crippen molar-refractivity contribution in [3.63, 3.8) is 0 Å². The first-order valence-electron chi connectivity index (χ1n) is 10.0. The van der Waals surface area contributed by atoms with Gasteiger partial charge in [0.1, 0.15) is 0 Å². The van der Waals surface area contributed by atoms with Gasteiger partial charge in [0.2, 0.25) is 0 Å². The molecule has 0 aliphatic rings. The molecule has 0 bridgehead atoms. The van der Waals surface area contributed by atoms with Gasteiger partial charge >= 0.3 is 0 Å². The van der Waals surface area contributed by atoms with Crippen LogP contribution in [0.3, 0.4) is 0 Å². The summed E-state index contributed by atoms with van der Waals surface area (Å²) in [5.74, 6) is 0.679. The van der Waals surface area contributed by atoms with Crippen LogP contribution in [-0.4, -0.2) is 0 Å². The Morgan fingerprint density at radius 1 is 0.500 bits per heavy atom. The van der Waals surface area contributed by atoms with E-state index in [2.05, 4.69) is 122 Å². The molecule has 4 rings (SSSR count). The number of hydrogen-bond acceptors (Lipinski definition) is 0. The fourth-order valence-corrected chi connectivity index (χ4v) is 4.09. The molecule has 4 aromatic rings. The lowest BCUT2D eigenvalue weighted by molar-refractivity contribution is 0.600. The van der Waals surface area contributed by atoms with E-state index in [0.29, 0.717) is 11.8 Å². The highest BCUT2D eigenvalue weighted by Gasteiger charge is 2.26. The van der Waals surface area contributed by atoms with Crippen LogP contribution in [0.4, 0.5) is 0 Å². The van der Waals surface area contributed by atoms with Gasteiger partial charge in [0.25, 0.3) is 0 Å². The van der Waals surface area contributed by atoms with E-state index in [0.717, 1.165) is 6.42 Å². The molecule has 138 valence electrons. The van der Waals surface area contributed by atoms with Crippen LogP contribution in [0.15, 0.2) is 115 Å². The molecule has 0 fully saturated rings. The molecule has 0 heterocycles. The Bertz CT molecular complexity index is 931. The Kier molecular flexibility index (Phi) is 5.68. The average Bonchev–Trinajstić information content (AvgIpc) is 2.76. The van der Waals surface area contributed by atoms with Gasteiger partial charge in [-0.2, -0.15) is 0 Å². The molecule has 0 saturated heterocycles. The molecule has 0 amide bonds. The van der Waals surface area contributed by atoms with Crippen LogP contribution in [0.1, 0.15) is 39.7 Å². The third-order valence-corrected chi connectivity index (χ3v) is 5.52. The molecule has 0 aromatic heterocycles. The summed E-state index contributed by atoms with van der Waals surface area (Å²) in [6.45, 7) is 2.15. The first kappa shape index (κ1) is 18.3. The van der Waals surface area contributed by atoms with E-state index in [1.807, 2.05) is 0 Å². The van der Waals surface area contributed by atoms with Gasteiger partial charge in [0.05, 0.1) is 0 Å². The van der Waals surface area contributed by atoms with Gasteiger partial charge < -0.3 is 0 Å². The lowest BCUT2D eigenvalue weighted by Gasteiger charge is -2.29. The summed E-state index contributed by atoms with van der Waals surface area (Å²) < 4.78 is 0. The third kappa shape index (κ3) is 4.23. The number of aryl methyl sites for hydroxylation is 1. The molecule has 0 aliphatic carbocycles. The lowest BCUT2D eigenvalue weighted by atomic mass is 9.74. The van der Waals surface area contributed by atoms with Crippen LogP contribution < -0.4 is 0 Å². The zero-order valence-corrected chi connectivity index (χ0v) is 16.3. The Labute approximate surface area is 168 Å². The molecule has 0 spiro atoms. The molecule has 0 radical (unpaired) electrons. The fraction of sp³-hybridized carbons (Fsp3) is 0.143. The van der Waals surface area contributed by atoms with Crippen molar-refractivity contribution in [2.45, 2.75) is 25.2 Å². The van der Waals surface area contributed by atoms with Gasteiger partial charge in [-0.15, -0.1) is 0 Å². The summed E-state index contributed by atoms with van der Waals surface area (Å²) in [4.78, 5) is 0. The number of rotatable bonds is 6. The molecule has 0 nitrogen and oxygen atoms in total. The third-order valence-electron chi connectivity index (χ3n) is 5.52. The van der Waals surface area contributed by atoms with Gasteiger partial charge in [0.15, 0.2) is 0 Å². The molecular formula is C28H26. The second-order valence-corrected chi connectivity index (χ2v) is 7.51. The van der Waals surface area contributed by atoms with Gasteiger partial charge in [-0.3, -0.25) is 0 Å².